The van der Waals surface area contributed by atoms with Crippen molar-refractivity contribution in [1.29, 1.82) is 0 Å². The highest BCUT2D eigenvalue weighted by Gasteiger charge is 2.27. The van der Waals surface area contributed by atoms with Crippen LogP contribution in [0.4, 0.5) is 0 Å². The minimum absolute atomic E-state index is 0.521. The van der Waals surface area contributed by atoms with E-state index in [1.165, 1.54) is 13.0 Å². The smallest absolute Gasteiger partial charge is 0.160 e. The Balaban J connectivity index is 1.98. The molecule has 0 spiro atoms. The van der Waals surface area contributed by atoms with Crippen LogP contribution in [0.2, 0.25) is 0 Å². The molecule has 0 aromatic carbocycles. The predicted molar refractivity (Wildman–Crippen MR) is 72.6 cm³/mol. The highest BCUT2D eigenvalue weighted by Crippen LogP contribution is 2.27. The molecule has 96 valence electrons. The summed E-state index contributed by atoms with van der Waals surface area (Å²) in [5.41, 5.74) is 2.05. The number of likely N-dealkylation sites (tertiary alicyclic amines) is 1. The van der Waals surface area contributed by atoms with Crippen LogP contribution in [0.3, 0.4) is 0 Å². The number of nitrogens with zero attached hydrogens (tertiary/aromatic N) is 4. The van der Waals surface area contributed by atoms with Gasteiger partial charge in [-0.05, 0) is 39.3 Å². The first-order chi connectivity index (χ1) is 8.66. The van der Waals surface area contributed by atoms with E-state index in [0.29, 0.717) is 12.1 Å². The molecule has 0 saturated carbocycles. The maximum absolute atomic E-state index is 4.61. The predicted octanol–water partition coefficient (Wildman–Crippen LogP) is 2.39. The number of pyridine rings is 1. The molecule has 0 aliphatic carbocycles. The fourth-order valence-electron chi connectivity index (χ4n) is 2.93. The van der Waals surface area contributed by atoms with Crippen LogP contribution >= 0.6 is 0 Å². The maximum atomic E-state index is 4.61. The summed E-state index contributed by atoms with van der Waals surface area (Å²) < 4.78 is 2.32. The molecule has 0 N–H and O–H groups in total. The molecule has 0 radical (unpaired) electrons. The molecule has 1 saturated heterocycles. The molecule has 1 aliphatic rings. The van der Waals surface area contributed by atoms with Crippen LogP contribution in [0.5, 0.6) is 0 Å². The fourth-order valence-corrected chi connectivity index (χ4v) is 2.93. The Morgan fingerprint density at radius 1 is 1.39 bits per heavy atom. The van der Waals surface area contributed by atoms with Crippen LogP contribution in [0.1, 0.15) is 32.1 Å². The molecule has 2 aromatic rings. The largest absolute Gasteiger partial charge is 0.308 e. The van der Waals surface area contributed by atoms with Crippen molar-refractivity contribution >= 4 is 11.2 Å². The van der Waals surface area contributed by atoms with Crippen LogP contribution in [0, 0.1) is 6.92 Å². The summed E-state index contributed by atoms with van der Waals surface area (Å²) in [6.07, 6.45) is 3.05. The Bertz CT molecular complexity index is 558. The summed E-state index contributed by atoms with van der Waals surface area (Å²) in [4.78, 5) is 11.6. The maximum Gasteiger partial charge on any atom is 0.160 e. The molecule has 0 amide bonds. The minimum Gasteiger partial charge on any atom is -0.308 e. The molecule has 0 bridgehead atoms. The number of imidazole rings is 1. The zero-order valence-electron chi connectivity index (χ0n) is 11.3. The Hall–Kier alpha value is -1.42. The second-order valence-electron chi connectivity index (χ2n) is 5.41. The number of aromatic nitrogens is 3. The first kappa shape index (κ1) is 11.7. The number of aryl methyl sites for hydroxylation is 1. The molecular formula is C14H20N4. The number of fused-ring (bicyclic) bond motifs is 1. The van der Waals surface area contributed by atoms with Crippen molar-refractivity contribution in [3.8, 4) is 0 Å². The average molecular weight is 244 g/mol. The van der Waals surface area contributed by atoms with Crippen LogP contribution in [-0.4, -0.2) is 38.6 Å². The highest BCUT2D eigenvalue weighted by atomic mass is 15.2. The van der Waals surface area contributed by atoms with Crippen LogP contribution in [-0.2, 0) is 0 Å². The van der Waals surface area contributed by atoms with Crippen molar-refractivity contribution in [2.45, 2.75) is 39.3 Å². The van der Waals surface area contributed by atoms with Gasteiger partial charge in [0.25, 0.3) is 0 Å². The van der Waals surface area contributed by atoms with E-state index in [9.17, 15) is 0 Å². The van der Waals surface area contributed by atoms with Gasteiger partial charge in [-0.15, -0.1) is 0 Å². The van der Waals surface area contributed by atoms with Gasteiger partial charge in [-0.25, -0.2) is 9.97 Å². The van der Waals surface area contributed by atoms with Gasteiger partial charge in [-0.1, -0.05) is 0 Å². The summed E-state index contributed by atoms with van der Waals surface area (Å²) in [6.45, 7) is 8.90. The van der Waals surface area contributed by atoms with Crippen LogP contribution in [0.15, 0.2) is 18.3 Å². The van der Waals surface area contributed by atoms with Crippen LogP contribution in [0.25, 0.3) is 11.2 Å². The van der Waals surface area contributed by atoms with Gasteiger partial charge in [-0.3, -0.25) is 4.90 Å². The summed E-state index contributed by atoms with van der Waals surface area (Å²) in [5.74, 6) is 1.08. The molecule has 3 rings (SSSR count). The van der Waals surface area contributed by atoms with Gasteiger partial charge in [0.2, 0.25) is 0 Å². The lowest BCUT2D eigenvalue weighted by atomic mass is 10.2. The van der Waals surface area contributed by atoms with Crippen molar-refractivity contribution in [2.75, 3.05) is 13.1 Å². The summed E-state index contributed by atoms with van der Waals surface area (Å²) in [6, 6.07) is 5.14. The van der Waals surface area contributed by atoms with Gasteiger partial charge in [0, 0.05) is 25.3 Å². The molecule has 1 aliphatic heterocycles. The third-order valence-electron chi connectivity index (χ3n) is 3.92. The van der Waals surface area contributed by atoms with Crippen LogP contribution < -0.4 is 0 Å². The van der Waals surface area contributed by atoms with Crippen molar-refractivity contribution in [1.82, 2.24) is 19.4 Å². The molecule has 1 fully saturated rings. The topological polar surface area (TPSA) is 34.0 Å². The second-order valence-corrected chi connectivity index (χ2v) is 5.41. The normalized spacial score (nSPS) is 21.2. The molecule has 18 heavy (non-hydrogen) atoms. The Kier molecular flexibility index (Phi) is 2.82. The summed E-state index contributed by atoms with van der Waals surface area (Å²) in [7, 11) is 0. The molecular weight excluding hydrogens is 224 g/mol. The Morgan fingerprint density at radius 3 is 2.94 bits per heavy atom. The molecule has 1 atom stereocenters. The zero-order valence-corrected chi connectivity index (χ0v) is 11.3. The first-order valence-electron chi connectivity index (χ1n) is 6.70. The van der Waals surface area contributed by atoms with Crippen molar-refractivity contribution in [3.05, 3.63) is 24.2 Å². The summed E-state index contributed by atoms with van der Waals surface area (Å²) >= 11 is 0. The van der Waals surface area contributed by atoms with E-state index in [-0.39, 0.29) is 0 Å². The number of hydrogen-bond donors (Lipinski definition) is 0. The van der Waals surface area contributed by atoms with Gasteiger partial charge < -0.3 is 4.57 Å². The van der Waals surface area contributed by atoms with E-state index < -0.39 is 0 Å². The van der Waals surface area contributed by atoms with Gasteiger partial charge in [-0.2, -0.15) is 0 Å². The monoisotopic (exact) mass is 244 g/mol. The lowest BCUT2D eigenvalue weighted by molar-refractivity contribution is 0.265. The fraction of sp³-hybridized carbons (Fsp3) is 0.571. The van der Waals surface area contributed by atoms with E-state index in [1.54, 1.807) is 0 Å². The quantitative estimate of drug-likeness (QED) is 0.813. The van der Waals surface area contributed by atoms with Gasteiger partial charge in [0.1, 0.15) is 11.3 Å². The Morgan fingerprint density at radius 2 is 2.22 bits per heavy atom. The lowest BCUT2D eigenvalue weighted by Gasteiger charge is -2.21. The molecule has 1 unspecified atom stereocenters. The van der Waals surface area contributed by atoms with Crippen molar-refractivity contribution < 1.29 is 0 Å². The van der Waals surface area contributed by atoms with Crippen molar-refractivity contribution in [2.24, 2.45) is 0 Å². The van der Waals surface area contributed by atoms with E-state index in [0.717, 1.165) is 23.5 Å². The SMILES string of the molecule is Cc1nc2cccnc2n1C1CCN(C(C)C)C1. The molecule has 4 nitrogen and oxygen atoms in total. The molecule has 2 aromatic heterocycles. The average Bonchev–Trinajstić information content (AvgIpc) is 2.91. The van der Waals surface area contributed by atoms with Gasteiger partial charge >= 0.3 is 0 Å². The molecule has 4 heteroatoms. The van der Waals surface area contributed by atoms with E-state index in [2.05, 4.69) is 40.2 Å². The second kappa shape index (κ2) is 4.35. The third kappa shape index (κ3) is 1.81. The third-order valence-corrected chi connectivity index (χ3v) is 3.92. The van der Waals surface area contributed by atoms with E-state index in [4.69, 9.17) is 0 Å². The highest BCUT2D eigenvalue weighted by molar-refractivity contribution is 5.71. The molecule has 3 heterocycles. The number of rotatable bonds is 2. The van der Waals surface area contributed by atoms with Crippen molar-refractivity contribution in [3.63, 3.8) is 0 Å². The zero-order chi connectivity index (χ0) is 12.7. The van der Waals surface area contributed by atoms with Gasteiger partial charge in [0.05, 0.1) is 6.04 Å². The first-order valence-corrected chi connectivity index (χ1v) is 6.70. The summed E-state index contributed by atoms with van der Waals surface area (Å²) in [5, 5.41) is 0. The standard InChI is InChI=1S/C14H20N4/c1-10(2)17-8-6-12(9-17)18-11(3)16-13-5-4-7-15-14(13)18/h4-5,7,10,12H,6,8-9H2,1-3H3. The lowest BCUT2D eigenvalue weighted by Crippen LogP contribution is -2.28. The minimum atomic E-state index is 0.521. The number of hydrogen-bond acceptors (Lipinski definition) is 3. The van der Waals surface area contributed by atoms with E-state index in [1.807, 2.05) is 18.3 Å². The van der Waals surface area contributed by atoms with Gasteiger partial charge in [0.15, 0.2) is 5.65 Å². The van der Waals surface area contributed by atoms with E-state index >= 15 is 0 Å². The Labute approximate surface area is 108 Å².